The second-order valence-corrected chi connectivity index (χ2v) is 13.2. The van der Waals surface area contributed by atoms with Crippen LogP contribution in [0.25, 0.3) is 11.3 Å². The molecule has 0 aliphatic carbocycles. The molecule has 9 heteroatoms. The number of amides is 1. The van der Waals surface area contributed by atoms with Crippen LogP contribution in [0.1, 0.15) is 45.7 Å². The lowest BCUT2D eigenvalue weighted by molar-refractivity contribution is 0.0738. The standard InChI is InChI=1S/C30H28BrN3O4S/c1-38-25-13-9-21(10-14-25)27-26-28(22-7-11-23(31)12-8-22)33(17-15-20-5-3-2-4-6-20)30(35)29(26)34(32-27)24-16-18-39(36,37)19-24/h2-14,24,28H,15-19H2,1H3/t24-,28+/m1/s1. The molecule has 200 valence electrons. The summed E-state index contributed by atoms with van der Waals surface area (Å²) in [6.45, 7) is 0.517. The lowest BCUT2D eigenvalue weighted by Gasteiger charge is -2.27. The number of benzene rings is 3. The Morgan fingerprint density at radius 3 is 2.36 bits per heavy atom. The Bertz CT molecular complexity index is 1620. The van der Waals surface area contributed by atoms with Crippen LogP contribution in [0.2, 0.25) is 0 Å². The third-order valence-electron chi connectivity index (χ3n) is 7.58. The zero-order valence-electron chi connectivity index (χ0n) is 21.5. The quantitative estimate of drug-likeness (QED) is 0.279. The van der Waals surface area contributed by atoms with Gasteiger partial charge in [0, 0.05) is 22.1 Å². The first kappa shape index (κ1) is 25.8. The number of carbonyl (C=O) groups excluding carboxylic acids is 1. The number of ether oxygens (including phenoxy) is 1. The average molecular weight is 607 g/mol. The monoisotopic (exact) mass is 605 g/mol. The maximum atomic E-state index is 14.2. The number of hydrogen-bond acceptors (Lipinski definition) is 5. The van der Waals surface area contributed by atoms with Crippen molar-refractivity contribution in [3.63, 3.8) is 0 Å². The summed E-state index contributed by atoms with van der Waals surface area (Å²) in [5.41, 5.74) is 4.99. The molecule has 2 aliphatic heterocycles. The van der Waals surface area contributed by atoms with Gasteiger partial charge in [0.15, 0.2) is 9.84 Å². The van der Waals surface area contributed by atoms with E-state index in [9.17, 15) is 13.2 Å². The van der Waals surface area contributed by atoms with E-state index >= 15 is 0 Å². The van der Waals surface area contributed by atoms with Gasteiger partial charge in [0.25, 0.3) is 5.91 Å². The van der Waals surface area contributed by atoms with Crippen LogP contribution in [-0.2, 0) is 16.3 Å². The molecule has 0 radical (unpaired) electrons. The van der Waals surface area contributed by atoms with Crippen LogP contribution in [0.15, 0.2) is 83.3 Å². The van der Waals surface area contributed by atoms with Crippen LogP contribution < -0.4 is 4.74 Å². The SMILES string of the molecule is COc1ccc(-c2nn([C@@H]3CCS(=O)(=O)C3)c3c2[C@H](c2ccc(Br)cc2)N(CCc2ccccc2)C3=O)cc1. The van der Waals surface area contributed by atoms with Gasteiger partial charge in [-0.15, -0.1) is 0 Å². The van der Waals surface area contributed by atoms with Gasteiger partial charge in [-0.05, 0) is 60.4 Å². The minimum absolute atomic E-state index is 0.0105. The highest BCUT2D eigenvalue weighted by Gasteiger charge is 2.46. The molecule has 0 bridgehead atoms. The Kier molecular flexibility index (Phi) is 6.81. The van der Waals surface area contributed by atoms with Crippen LogP contribution >= 0.6 is 15.9 Å². The fourth-order valence-electron chi connectivity index (χ4n) is 5.64. The summed E-state index contributed by atoms with van der Waals surface area (Å²) in [5.74, 6) is 0.697. The summed E-state index contributed by atoms with van der Waals surface area (Å²) in [4.78, 5) is 16.2. The third-order valence-corrected chi connectivity index (χ3v) is 9.86. The number of methoxy groups -OCH3 is 1. The third kappa shape index (κ3) is 4.89. The van der Waals surface area contributed by atoms with E-state index in [1.54, 1.807) is 11.8 Å². The van der Waals surface area contributed by atoms with Crippen molar-refractivity contribution in [2.45, 2.75) is 24.9 Å². The molecule has 1 fully saturated rings. The van der Waals surface area contributed by atoms with Crippen molar-refractivity contribution in [1.29, 1.82) is 0 Å². The van der Waals surface area contributed by atoms with Crippen molar-refractivity contribution < 1.29 is 17.9 Å². The number of carbonyl (C=O) groups is 1. The Morgan fingerprint density at radius 1 is 1.00 bits per heavy atom. The first-order valence-electron chi connectivity index (χ1n) is 12.9. The topological polar surface area (TPSA) is 81.5 Å². The molecule has 1 amide bonds. The average Bonchev–Trinajstić information content (AvgIpc) is 3.60. The summed E-state index contributed by atoms with van der Waals surface area (Å²) in [7, 11) is -1.56. The molecule has 3 heterocycles. The number of sulfone groups is 1. The first-order valence-corrected chi connectivity index (χ1v) is 15.5. The van der Waals surface area contributed by atoms with Crippen molar-refractivity contribution in [2.24, 2.45) is 0 Å². The van der Waals surface area contributed by atoms with Gasteiger partial charge < -0.3 is 9.64 Å². The number of halogens is 1. The van der Waals surface area contributed by atoms with Crippen molar-refractivity contribution in [3.05, 3.63) is 106 Å². The molecule has 7 nitrogen and oxygen atoms in total. The molecule has 0 unspecified atom stereocenters. The highest BCUT2D eigenvalue weighted by Crippen LogP contribution is 2.45. The lowest BCUT2D eigenvalue weighted by Crippen LogP contribution is -2.32. The van der Waals surface area contributed by atoms with Crippen LogP contribution in [-0.4, -0.2) is 54.2 Å². The van der Waals surface area contributed by atoms with Crippen LogP contribution in [0.4, 0.5) is 0 Å². The summed E-state index contributed by atoms with van der Waals surface area (Å²) in [6.07, 6.45) is 1.14. The molecular weight excluding hydrogens is 578 g/mol. The molecule has 1 saturated heterocycles. The first-order chi connectivity index (χ1) is 18.8. The van der Waals surface area contributed by atoms with Gasteiger partial charge in [0.05, 0.1) is 36.4 Å². The van der Waals surface area contributed by atoms with E-state index in [0.29, 0.717) is 30.8 Å². The van der Waals surface area contributed by atoms with Crippen LogP contribution in [0.5, 0.6) is 5.75 Å². The van der Waals surface area contributed by atoms with Crippen LogP contribution in [0, 0.1) is 0 Å². The van der Waals surface area contributed by atoms with E-state index in [1.165, 1.54) is 0 Å². The summed E-state index contributed by atoms with van der Waals surface area (Å²) < 4.78 is 32.9. The lowest BCUT2D eigenvalue weighted by atomic mass is 9.96. The molecular formula is C30H28BrN3O4S. The van der Waals surface area contributed by atoms with E-state index in [1.807, 2.05) is 71.6 Å². The van der Waals surface area contributed by atoms with Gasteiger partial charge in [-0.1, -0.05) is 58.4 Å². The molecule has 3 aromatic carbocycles. The Balaban J connectivity index is 1.51. The normalized spacial score (nSPS) is 19.8. The van der Waals surface area contributed by atoms with Gasteiger partial charge in [-0.2, -0.15) is 5.10 Å². The number of fused-ring (bicyclic) bond motifs is 1. The van der Waals surface area contributed by atoms with Gasteiger partial charge >= 0.3 is 0 Å². The summed E-state index contributed by atoms with van der Waals surface area (Å²) in [5, 5.41) is 4.96. The maximum Gasteiger partial charge on any atom is 0.273 e. The molecule has 6 rings (SSSR count). The number of aromatic nitrogens is 2. The van der Waals surface area contributed by atoms with Gasteiger partial charge in [-0.3, -0.25) is 9.48 Å². The smallest absolute Gasteiger partial charge is 0.273 e. The number of nitrogens with zero attached hydrogens (tertiary/aromatic N) is 3. The fourth-order valence-corrected chi connectivity index (χ4v) is 7.60. The van der Waals surface area contributed by atoms with Crippen molar-refractivity contribution in [2.75, 3.05) is 25.2 Å². The predicted octanol–water partition coefficient (Wildman–Crippen LogP) is 5.47. The zero-order chi connectivity index (χ0) is 27.1. The molecule has 2 atom stereocenters. The highest BCUT2D eigenvalue weighted by atomic mass is 79.9. The van der Waals surface area contributed by atoms with E-state index in [0.717, 1.165) is 32.5 Å². The second kappa shape index (κ2) is 10.3. The molecule has 2 aliphatic rings. The fraction of sp³-hybridized carbons (Fsp3) is 0.267. The van der Waals surface area contributed by atoms with Gasteiger partial charge in [0.2, 0.25) is 0 Å². The van der Waals surface area contributed by atoms with Crippen molar-refractivity contribution in [1.82, 2.24) is 14.7 Å². The van der Waals surface area contributed by atoms with E-state index in [4.69, 9.17) is 9.84 Å². The Morgan fingerprint density at radius 2 is 1.72 bits per heavy atom. The highest BCUT2D eigenvalue weighted by molar-refractivity contribution is 9.10. The molecule has 39 heavy (non-hydrogen) atoms. The maximum absolute atomic E-state index is 14.2. The minimum Gasteiger partial charge on any atom is -0.497 e. The van der Waals surface area contributed by atoms with E-state index in [-0.39, 0.29) is 29.5 Å². The van der Waals surface area contributed by atoms with Gasteiger partial charge in [0.1, 0.15) is 11.4 Å². The van der Waals surface area contributed by atoms with Crippen molar-refractivity contribution in [3.8, 4) is 17.0 Å². The minimum atomic E-state index is -3.18. The zero-order valence-corrected chi connectivity index (χ0v) is 23.9. The van der Waals surface area contributed by atoms with E-state index < -0.39 is 9.84 Å². The molecule has 4 aromatic rings. The Hall–Kier alpha value is -3.43. The predicted molar refractivity (Wildman–Crippen MR) is 154 cm³/mol. The van der Waals surface area contributed by atoms with Crippen molar-refractivity contribution >= 4 is 31.7 Å². The van der Waals surface area contributed by atoms with E-state index in [2.05, 4.69) is 28.1 Å². The van der Waals surface area contributed by atoms with Crippen LogP contribution in [0.3, 0.4) is 0 Å². The van der Waals surface area contributed by atoms with Gasteiger partial charge in [-0.25, -0.2) is 8.42 Å². The number of hydrogen-bond donors (Lipinski definition) is 0. The second-order valence-electron chi connectivity index (χ2n) is 10.0. The number of rotatable bonds is 7. The Labute approximate surface area is 236 Å². The summed E-state index contributed by atoms with van der Waals surface area (Å²) >= 11 is 3.53. The molecule has 1 aromatic heterocycles. The molecule has 0 N–H and O–H groups in total. The molecule has 0 spiro atoms. The molecule has 0 saturated carbocycles. The summed E-state index contributed by atoms with van der Waals surface area (Å²) in [6, 6.07) is 25.0. The largest absolute Gasteiger partial charge is 0.497 e.